The Morgan fingerprint density at radius 3 is 1.80 bits per heavy atom. The van der Waals surface area contributed by atoms with Gasteiger partial charge in [-0.3, -0.25) is 0 Å². The minimum Gasteiger partial charge on any atom is -1.00 e. The largest absolute Gasteiger partial charge is 2.00 e. The Balaban J connectivity index is -0.000000163. The molecule has 0 N–H and O–H groups in total. The van der Waals surface area contributed by atoms with Crippen LogP contribution < -0.4 is 12.4 Å². The molecule has 0 radical (unpaired) electrons. The van der Waals surface area contributed by atoms with Crippen LogP contribution in [0.3, 0.4) is 0 Å². The fourth-order valence-corrected chi connectivity index (χ4v) is 0.470. The van der Waals surface area contributed by atoms with Crippen molar-refractivity contribution >= 4 is 47.0 Å². The standard InChI is InChI=1S/C7H7.ClH.HI.Mg/c1-7-5-3-2-4-6-7;;;/h3-6H,1H3;2*1H;/q-1;;;+2/p-1. The van der Waals surface area contributed by atoms with E-state index in [2.05, 4.69) is 13.0 Å². The number of hydrogen-bond acceptors (Lipinski definition) is 0. The number of halogens is 2. The second-order valence-electron chi connectivity index (χ2n) is 1.58. The van der Waals surface area contributed by atoms with Crippen molar-refractivity contribution in [3.63, 3.8) is 0 Å². The van der Waals surface area contributed by atoms with Gasteiger partial charge in [0.2, 0.25) is 0 Å². The average molecular weight is 279 g/mol. The summed E-state index contributed by atoms with van der Waals surface area (Å²) in [5.74, 6) is 0. The molecule has 0 aliphatic rings. The summed E-state index contributed by atoms with van der Waals surface area (Å²) in [7, 11) is 0. The van der Waals surface area contributed by atoms with Crippen molar-refractivity contribution in [2.45, 2.75) is 6.92 Å². The minimum atomic E-state index is 0. The minimum absolute atomic E-state index is 0. The van der Waals surface area contributed by atoms with E-state index in [0.717, 1.165) is 0 Å². The Morgan fingerprint density at radius 2 is 1.60 bits per heavy atom. The molecule has 0 amide bonds. The summed E-state index contributed by atoms with van der Waals surface area (Å²) < 4.78 is 0. The van der Waals surface area contributed by atoms with Gasteiger partial charge in [0, 0.05) is 0 Å². The zero-order chi connectivity index (χ0) is 5.11. The summed E-state index contributed by atoms with van der Waals surface area (Å²) in [6, 6.07) is 10.8. The van der Waals surface area contributed by atoms with Crippen LogP contribution in [-0.2, 0) is 0 Å². The van der Waals surface area contributed by atoms with E-state index in [4.69, 9.17) is 0 Å². The molecule has 0 aromatic heterocycles. The van der Waals surface area contributed by atoms with Crippen molar-refractivity contribution < 1.29 is 12.4 Å². The van der Waals surface area contributed by atoms with E-state index in [-0.39, 0.29) is 59.4 Å². The third-order valence-electron chi connectivity index (χ3n) is 0.885. The van der Waals surface area contributed by atoms with Crippen LogP contribution >= 0.6 is 24.0 Å². The van der Waals surface area contributed by atoms with Crippen molar-refractivity contribution in [3.05, 3.63) is 35.9 Å². The molecular formula is C7H8ClIMg. The molecule has 0 saturated heterocycles. The molecule has 3 heteroatoms. The van der Waals surface area contributed by atoms with E-state index in [1.54, 1.807) is 0 Å². The Labute approximate surface area is 101 Å². The van der Waals surface area contributed by atoms with Crippen LogP contribution in [0, 0.1) is 13.0 Å². The maximum atomic E-state index is 2.93. The third kappa shape index (κ3) is 7.12. The van der Waals surface area contributed by atoms with Gasteiger partial charge >= 0.3 is 23.1 Å². The first-order chi connectivity index (χ1) is 3.39. The van der Waals surface area contributed by atoms with E-state index in [1.165, 1.54) is 5.56 Å². The fourth-order valence-electron chi connectivity index (χ4n) is 0.470. The molecule has 52 valence electrons. The molecule has 0 saturated carbocycles. The molecule has 0 fully saturated rings. The third-order valence-corrected chi connectivity index (χ3v) is 0.885. The summed E-state index contributed by atoms with van der Waals surface area (Å²) in [6.45, 7) is 2.06. The first-order valence-corrected chi connectivity index (χ1v) is 2.32. The van der Waals surface area contributed by atoms with Crippen LogP contribution in [0.15, 0.2) is 24.3 Å². The van der Waals surface area contributed by atoms with E-state index >= 15 is 0 Å². The van der Waals surface area contributed by atoms with Crippen molar-refractivity contribution in [1.82, 2.24) is 0 Å². The molecule has 0 aliphatic carbocycles. The second-order valence-corrected chi connectivity index (χ2v) is 1.58. The van der Waals surface area contributed by atoms with Crippen LogP contribution in [0.5, 0.6) is 0 Å². The van der Waals surface area contributed by atoms with Gasteiger partial charge in [-0.05, 0) is 0 Å². The number of rotatable bonds is 0. The molecule has 0 unspecified atom stereocenters. The number of hydrogen-bond donors (Lipinski definition) is 0. The van der Waals surface area contributed by atoms with Crippen molar-refractivity contribution in [2.75, 3.05) is 0 Å². The predicted molar refractivity (Wildman–Crippen MR) is 51.2 cm³/mol. The zero-order valence-corrected chi connectivity index (χ0v) is 10.3. The summed E-state index contributed by atoms with van der Waals surface area (Å²) >= 11 is 0. The molecule has 0 nitrogen and oxygen atoms in total. The van der Waals surface area contributed by atoms with Crippen molar-refractivity contribution in [3.8, 4) is 0 Å². The smallest absolute Gasteiger partial charge is 1.00 e. The van der Waals surface area contributed by atoms with Crippen molar-refractivity contribution in [1.29, 1.82) is 0 Å². The van der Waals surface area contributed by atoms with E-state index in [1.807, 2.05) is 24.3 Å². The molecule has 0 bridgehead atoms. The van der Waals surface area contributed by atoms with Crippen LogP contribution in [0.2, 0.25) is 0 Å². The van der Waals surface area contributed by atoms with Gasteiger partial charge in [-0.2, -0.15) is 35.9 Å². The van der Waals surface area contributed by atoms with E-state index < -0.39 is 0 Å². The summed E-state index contributed by atoms with van der Waals surface area (Å²) in [4.78, 5) is 0. The Kier molecular flexibility index (Phi) is 17.2. The molecular weight excluding hydrogens is 271 g/mol. The molecule has 10 heavy (non-hydrogen) atoms. The van der Waals surface area contributed by atoms with Crippen LogP contribution in [0.25, 0.3) is 0 Å². The van der Waals surface area contributed by atoms with Crippen molar-refractivity contribution in [2.24, 2.45) is 0 Å². The first-order valence-electron chi connectivity index (χ1n) is 2.32. The molecule has 1 aromatic carbocycles. The normalized spacial score (nSPS) is 6.10. The Morgan fingerprint density at radius 1 is 1.20 bits per heavy atom. The van der Waals surface area contributed by atoms with Crippen LogP contribution in [-0.4, -0.2) is 23.1 Å². The fraction of sp³-hybridized carbons (Fsp3) is 0.143. The molecule has 1 aromatic rings. The van der Waals surface area contributed by atoms with Gasteiger partial charge in [-0.1, -0.05) is 6.92 Å². The maximum absolute atomic E-state index is 2.93. The second kappa shape index (κ2) is 10.0. The molecule has 0 aliphatic heterocycles. The molecule has 0 heterocycles. The Hall–Kier alpha value is 1.01. The summed E-state index contributed by atoms with van der Waals surface area (Å²) in [5.41, 5.74) is 1.29. The maximum Gasteiger partial charge on any atom is 2.00 e. The quantitative estimate of drug-likeness (QED) is 0.326. The summed E-state index contributed by atoms with van der Waals surface area (Å²) in [5, 5.41) is 0. The average Bonchev–Trinajstić information content (AvgIpc) is 1.69. The number of aryl methyl sites for hydroxylation is 1. The van der Waals surface area contributed by atoms with Gasteiger partial charge in [0.1, 0.15) is 0 Å². The zero-order valence-electron chi connectivity index (χ0n) is 5.80. The SMILES string of the molecule is Cc1cc[c-]cc1.I.[Cl-].[Mg+2]. The topological polar surface area (TPSA) is 0 Å². The van der Waals surface area contributed by atoms with Crippen LogP contribution in [0.1, 0.15) is 5.56 Å². The summed E-state index contributed by atoms with van der Waals surface area (Å²) in [6.07, 6.45) is 0. The van der Waals surface area contributed by atoms with Gasteiger partial charge < -0.3 is 12.4 Å². The van der Waals surface area contributed by atoms with E-state index in [0.29, 0.717) is 0 Å². The predicted octanol–water partition coefficient (Wildman–Crippen LogP) is -0.964. The monoisotopic (exact) mass is 278 g/mol. The van der Waals surface area contributed by atoms with Gasteiger partial charge in [-0.15, -0.1) is 24.0 Å². The number of benzene rings is 1. The van der Waals surface area contributed by atoms with E-state index in [9.17, 15) is 0 Å². The van der Waals surface area contributed by atoms with Gasteiger partial charge in [0.15, 0.2) is 0 Å². The molecule has 0 spiro atoms. The van der Waals surface area contributed by atoms with Crippen LogP contribution in [0.4, 0.5) is 0 Å². The van der Waals surface area contributed by atoms with Gasteiger partial charge in [-0.25, -0.2) is 0 Å². The Bertz CT molecular complexity index is 144. The van der Waals surface area contributed by atoms with Gasteiger partial charge in [0.25, 0.3) is 0 Å². The van der Waals surface area contributed by atoms with Gasteiger partial charge in [0.05, 0.1) is 0 Å². The first kappa shape index (κ1) is 17.2. The molecule has 1 rings (SSSR count). The molecule has 0 atom stereocenters.